The molecular formula is C15H20N4O. The molecule has 5 nitrogen and oxygen atoms in total. The van der Waals surface area contributed by atoms with Crippen LogP contribution in [0.15, 0.2) is 24.3 Å². The van der Waals surface area contributed by atoms with E-state index in [0.717, 1.165) is 43.4 Å². The van der Waals surface area contributed by atoms with Crippen molar-refractivity contribution in [1.29, 1.82) is 0 Å². The van der Waals surface area contributed by atoms with Crippen molar-refractivity contribution in [3.63, 3.8) is 0 Å². The molecule has 0 spiro atoms. The maximum atomic E-state index is 12.8. The van der Waals surface area contributed by atoms with E-state index in [1.54, 1.807) is 0 Å². The van der Waals surface area contributed by atoms with Gasteiger partial charge in [-0.15, -0.1) is 0 Å². The molecule has 0 unspecified atom stereocenters. The normalized spacial score (nSPS) is 16.4. The van der Waals surface area contributed by atoms with Crippen LogP contribution in [0.5, 0.6) is 0 Å². The van der Waals surface area contributed by atoms with E-state index in [0.29, 0.717) is 11.7 Å². The first-order chi connectivity index (χ1) is 9.81. The molecule has 1 aromatic heterocycles. The summed E-state index contributed by atoms with van der Waals surface area (Å²) in [6, 6.07) is 8.10. The first-order valence-electron chi connectivity index (χ1n) is 7.26. The van der Waals surface area contributed by atoms with Crippen LogP contribution >= 0.6 is 0 Å². The van der Waals surface area contributed by atoms with Crippen LogP contribution in [0.2, 0.25) is 0 Å². The fourth-order valence-electron chi connectivity index (χ4n) is 2.95. The number of hydrogen-bond acceptors (Lipinski definition) is 3. The predicted molar refractivity (Wildman–Crippen MR) is 78.7 cm³/mol. The lowest BCUT2D eigenvalue weighted by atomic mass is 10.0. The Labute approximate surface area is 118 Å². The van der Waals surface area contributed by atoms with Crippen molar-refractivity contribution >= 4 is 16.8 Å². The Bertz CT molecular complexity index is 601. The lowest BCUT2D eigenvalue weighted by molar-refractivity contribution is 0.0652. The minimum absolute atomic E-state index is 0.0388. The van der Waals surface area contributed by atoms with Crippen molar-refractivity contribution in [3.8, 4) is 0 Å². The van der Waals surface area contributed by atoms with E-state index in [4.69, 9.17) is 0 Å². The maximum absolute atomic E-state index is 12.8. The van der Waals surface area contributed by atoms with Crippen LogP contribution < -0.4 is 5.32 Å². The molecule has 1 aliphatic heterocycles. The molecule has 0 aliphatic carbocycles. The summed E-state index contributed by atoms with van der Waals surface area (Å²) in [4.78, 5) is 14.7. The third-order valence-corrected chi connectivity index (χ3v) is 4.02. The average Bonchev–Trinajstić information content (AvgIpc) is 2.93. The number of carbonyl (C=O) groups is 1. The first kappa shape index (κ1) is 13.1. The Morgan fingerprint density at radius 2 is 2.10 bits per heavy atom. The molecule has 5 heteroatoms. The quantitative estimate of drug-likeness (QED) is 0.895. The summed E-state index contributed by atoms with van der Waals surface area (Å²) in [5, 5.41) is 11.4. The van der Waals surface area contributed by atoms with E-state index in [1.165, 1.54) is 0 Å². The predicted octanol–water partition coefficient (Wildman–Crippen LogP) is 1.78. The molecule has 1 fully saturated rings. The second-order valence-electron chi connectivity index (χ2n) is 5.19. The van der Waals surface area contributed by atoms with Crippen LogP contribution in [0.4, 0.5) is 0 Å². The fraction of sp³-hybridized carbons (Fsp3) is 0.467. The minimum atomic E-state index is 0.0388. The number of nitrogens with one attached hydrogen (secondary N) is 2. The number of H-pyrrole nitrogens is 1. The number of amides is 1. The molecule has 0 atom stereocenters. The summed E-state index contributed by atoms with van der Waals surface area (Å²) in [6.45, 7) is 4.73. The number of aromatic nitrogens is 2. The van der Waals surface area contributed by atoms with Gasteiger partial charge in [-0.1, -0.05) is 18.2 Å². The lowest BCUT2D eigenvalue weighted by Crippen LogP contribution is -2.46. The summed E-state index contributed by atoms with van der Waals surface area (Å²) in [5.41, 5.74) is 1.46. The highest BCUT2D eigenvalue weighted by Gasteiger charge is 2.27. The van der Waals surface area contributed by atoms with Crippen molar-refractivity contribution in [3.05, 3.63) is 30.0 Å². The zero-order valence-electron chi connectivity index (χ0n) is 11.7. The van der Waals surface area contributed by atoms with Gasteiger partial charge in [0, 0.05) is 18.0 Å². The van der Waals surface area contributed by atoms with E-state index < -0.39 is 0 Å². The van der Waals surface area contributed by atoms with Crippen LogP contribution in [-0.4, -0.2) is 46.7 Å². The molecule has 1 aromatic carbocycles. The van der Waals surface area contributed by atoms with Gasteiger partial charge in [0.2, 0.25) is 0 Å². The summed E-state index contributed by atoms with van der Waals surface area (Å²) in [7, 11) is 0. The van der Waals surface area contributed by atoms with Crippen molar-refractivity contribution in [1.82, 2.24) is 20.4 Å². The fourth-order valence-corrected chi connectivity index (χ4v) is 2.95. The van der Waals surface area contributed by atoms with Gasteiger partial charge in [0.15, 0.2) is 5.69 Å². The number of nitrogens with zero attached hydrogens (tertiary/aromatic N) is 2. The molecule has 3 rings (SSSR count). The highest BCUT2D eigenvalue weighted by atomic mass is 16.2. The van der Waals surface area contributed by atoms with Gasteiger partial charge < -0.3 is 10.2 Å². The van der Waals surface area contributed by atoms with Crippen molar-refractivity contribution < 1.29 is 4.79 Å². The molecule has 0 bridgehead atoms. The Balaban J connectivity index is 1.89. The van der Waals surface area contributed by atoms with Crippen molar-refractivity contribution in [2.24, 2.45) is 0 Å². The number of benzene rings is 1. The van der Waals surface area contributed by atoms with Gasteiger partial charge in [-0.2, -0.15) is 5.10 Å². The molecule has 0 saturated carbocycles. The Morgan fingerprint density at radius 3 is 2.85 bits per heavy atom. The molecule has 2 aromatic rings. The summed E-state index contributed by atoms with van der Waals surface area (Å²) < 4.78 is 0. The monoisotopic (exact) mass is 272 g/mol. The first-order valence-corrected chi connectivity index (χ1v) is 7.26. The van der Waals surface area contributed by atoms with Gasteiger partial charge in [-0.25, -0.2) is 0 Å². The SMILES string of the molecule is CCN(C(=O)c1n[nH]c2ccccc12)C1CCNCC1. The number of carbonyl (C=O) groups excluding carboxylic acids is 1. The Hall–Kier alpha value is -1.88. The molecule has 20 heavy (non-hydrogen) atoms. The Kier molecular flexibility index (Phi) is 3.69. The second kappa shape index (κ2) is 5.63. The zero-order valence-corrected chi connectivity index (χ0v) is 11.7. The van der Waals surface area contributed by atoms with Crippen LogP contribution in [0.3, 0.4) is 0 Å². The van der Waals surface area contributed by atoms with Crippen LogP contribution in [0, 0.1) is 0 Å². The number of piperidine rings is 1. The third-order valence-electron chi connectivity index (χ3n) is 4.02. The zero-order chi connectivity index (χ0) is 13.9. The van der Waals surface area contributed by atoms with Crippen LogP contribution in [0.1, 0.15) is 30.3 Å². The van der Waals surface area contributed by atoms with Gasteiger partial charge in [0.25, 0.3) is 5.91 Å². The third kappa shape index (κ3) is 2.29. The van der Waals surface area contributed by atoms with E-state index in [9.17, 15) is 4.79 Å². The lowest BCUT2D eigenvalue weighted by Gasteiger charge is -2.33. The van der Waals surface area contributed by atoms with Crippen molar-refractivity contribution in [2.45, 2.75) is 25.8 Å². The van der Waals surface area contributed by atoms with Crippen LogP contribution in [-0.2, 0) is 0 Å². The van der Waals surface area contributed by atoms with E-state index >= 15 is 0 Å². The summed E-state index contributed by atoms with van der Waals surface area (Å²) in [5.74, 6) is 0.0388. The molecule has 1 aliphatic rings. The van der Waals surface area contributed by atoms with Crippen LogP contribution in [0.25, 0.3) is 10.9 Å². The van der Waals surface area contributed by atoms with E-state index in [2.05, 4.69) is 15.5 Å². The smallest absolute Gasteiger partial charge is 0.275 e. The minimum Gasteiger partial charge on any atom is -0.334 e. The molecule has 1 saturated heterocycles. The number of hydrogen-bond donors (Lipinski definition) is 2. The second-order valence-corrected chi connectivity index (χ2v) is 5.19. The van der Waals surface area contributed by atoms with Gasteiger partial charge in [0.05, 0.1) is 5.52 Å². The molecule has 0 radical (unpaired) electrons. The number of rotatable bonds is 3. The maximum Gasteiger partial charge on any atom is 0.275 e. The Morgan fingerprint density at radius 1 is 1.35 bits per heavy atom. The molecule has 2 heterocycles. The topological polar surface area (TPSA) is 61.0 Å². The largest absolute Gasteiger partial charge is 0.334 e. The number of fused-ring (bicyclic) bond motifs is 1. The summed E-state index contributed by atoms with van der Waals surface area (Å²) in [6.07, 6.45) is 2.03. The van der Waals surface area contributed by atoms with Gasteiger partial charge >= 0.3 is 0 Å². The standard InChI is InChI=1S/C15H20N4O/c1-2-19(11-7-9-16-10-8-11)15(20)14-12-5-3-4-6-13(12)17-18-14/h3-6,11,16H,2,7-10H2,1H3,(H,17,18). The van der Waals surface area contributed by atoms with E-state index in [-0.39, 0.29) is 5.91 Å². The summed E-state index contributed by atoms with van der Waals surface area (Å²) >= 11 is 0. The molecular weight excluding hydrogens is 252 g/mol. The van der Waals surface area contributed by atoms with Crippen molar-refractivity contribution in [2.75, 3.05) is 19.6 Å². The van der Waals surface area contributed by atoms with Gasteiger partial charge in [0.1, 0.15) is 0 Å². The highest BCUT2D eigenvalue weighted by Crippen LogP contribution is 2.20. The molecule has 106 valence electrons. The number of aromatic amines is 1. The van der Waals surface area contributed by atoms with Gasteiger partial charge in [-0.05, 0) is 38.9 Å². The van der Waals surface area contributed by atoms with E-state index in [1.807, 2.05) is 36.1 Å². The number of para-hydroxylation sites is 1. The molecule has 2 N–H and O–H groups in total. The average molecular weight is 272 g/mol. The van der Waals surface area contributed by atoms with Gasteiger partial charge in [-0.3, -0.25) is 9.89 Å². The molecule has 1 amide bonds. The highest BCUT2D eigenvalue weighted by molar-refractivity contribution is 6.04.